The van der Waals surface area contributed by atoms with Gasteiger partial charge in [0.1, 0.15) is 0 Å². The molecule has 1 heterocycles. The standard InChI is InChI=1S/C20H25N3O4S/c1-2-21-17(24)11-22-18(25)12-27-20(26)14-8-4-3-7-13(14)19-23-15-9-5-6-10-16(15)28-19/h5-6,9-10,13-14H,2-4,7-8,11-12H2,1H3,(H,21,24)(H,22,25)/t13-,14+/m0/s1. The molecule has 0 spiro atoms. The second kappa shape index (κ2) is 9.64. The van der Waals surface area contributed by atoms with Gasteiger partial charge in [0.25, 0.3) is 5.91 Å². The van der Waals surface area contributed by atoms with E-state index in [0.717, 1.165) is 40.9 Å². The van der Waals surface area contributed by atoms with Crippen LogP contribution in [0.2, 0.25) is 0 Å². The molecule has 0 saturated heterocycles. The molecule has 2 N–H and O–H groups in total. The Morgan fingerprint density at radius 2 is 1.93 bits per heavy atom. The number of amides is 2. The molecular weight excluding hydrogens is 378 g/mol. The zero-order chi connectivity index (χ0) is 19.9. The number of thiazole rings is 1. The van der Waals surface area contributed by atoms with Crippen molar-refractivity contribution in [2.75, 3.05) is 19.7 Å². The van der Waals surface area contributed by atoms with Crippen LogP contribution in [0.5, 0.6) is 0 Å². The van der Waals surface area contributed by atoms with Crippen molar-refractivity contribution in [3.63, 3.8) is 0 Å². The smallest absolute Gasteiger partial charge is 0.310 e. The average Bonchev–Trinajstić information content (AvgIpc) is 3.15. The molecule has 1 saturated carbocycles. The molecular formula is C20H25N3O4S. The Bertz CT molecular complexity index is 818. The molecule has 1 aromatic carbocycles. The third-order valence-electron chi connectivity index (χ3n) is 4.86. The van der Waals surface area contributed by atoms with Crippen molar-refractivity contribution in [2.24, 2.45) is 5.92 Å². The van der Waals surface area contributed by atoms with Crippen LogP contribution in [0.1, 0.15) is 43.5 Å². The lowest BCUT2D eigenvalue weighted by Gasteiger charge is -2.28. The number of rotatable bonds is 7. The van der Waals surface area contributed by atoms with Gasteiger partial charge in [0.2, 0.25) is 5.91 Å². The molecule has 7 nitrogen and oxygen atoms in total. The van der Waals surface area contributed by atoms with Gasteiger partial charge in [-0.1, -0.05) is 25.0 Å². The van der Waals surface area contributed by atoms with Crippen molar-refractivity contribution in [1.82, 2.24) is 15.6 Å². The van der Waals surface area contributed by atoms with E-state index < -0.39 is 5.91 Å². The Hall–Kier alpha value is -2.48. The first-order chi connectivity index (χ1) is 13.6. The number of likely N-dealkylation sites (N-methyl/N-ethyl adjacent to an activating group) is 1. The number of aromatic nitrogens is 1. The van der Waals surface area contributed by atoms with Crippen molar-refractivity contribution in [2.45, 2.75) is 38.5 Å². The number of fused-ring (bicyclic) bond motifs is 1. The van der Waals surface area contributed by atoms with Gasteiger partial charge in [-0.15, -0.1) is 11.3 Å². The number of nitrogens with zero attached hydrogens (tertiary/aromatic N) is 1. The maximum Gasteiger partial charge on any atom is 0.310 e. The van der Waals surface area contributed by atoms with E-state index in [1.54, 1.807) is 18.3 Å². The van der Waals surface area contributed by atoms with Gasteiger partial charge < -0.3 is 15.4 Å². The maximum absolute atomic E-state index is 12.6. The molecule has 3 rings (SSSR count). The fourth-order valence-corrected chi connectivity index (χ4v) is 4.66. The van der Waals surface area contributed by atoms with Gasteiger partial charge in [0.05, 0.1) is 27.7 Å². The molecule has 1 aromatic heterocycles. The number of ether oxygens (including phenoxy) is 1. The highest BCUT2D eigenvalue weighted by Crippen LogP contribution is 2.41. The average molecular weight is 404 g/mol. The highest BCUT2D eigenvalue weighted by molar-refractivity contribution is 7.18. The molecule has 0 unspecified atom stereocenters. The topological polar surface area (TPSA) is 97.4 Å². The van der Waals surface area contributed by atoms with Crippen molar-refractivity contribution in [3.8, 4) is 0 Å². The minimum atomic E-state index is -0.480. The summed E-state index contributed by atoms with van der Waals surface area (Å²) in [4.78, 5) is 40.6. The lowest BCUT2D eigenvalue weighted by Crippen LogP contribution is -2.39. The summed E-state index contributed by atoms with van der Waals surface area (Å²) in [5.41, 5.74) is 0.949. The van der Waals surface area contributed by atoms with Crippen LogP contribution in [0.4, 0.5) is 0 Å². The van der Waals surface area contributed by atoms with E-state index in [-0.39, 0.29) is 36.9 Å². The third kappa shape index (κ3) is 5.07. The minimum absolute atomic E-state index is 0.0250. The predicted octanol–water partition coefficient (Wildman–Crippen LogP) is 2.37. The second-order valence-corrected chi connectivity index (χ2v) is 7.92. The summed E-state index contributed by atoms with van der Waals surface area (Å²) in [6.07, 6.45) is 3.64. The third-order valence-corrected chi connectivity index (χ3v) is 6.03. The quantitative estimate of drug-likeness (QED) is 0.692. The molecule has 2 amide bonds. The fourth-order valence-electron chi connectivity index (χ4n) is 3.49. The van der Waals surface area contributed by atoms with E-state index in [9.17, 15) is 14.4 Å². The molecule has 0 aliphatic heterocycles. The maximum atomic E-state index is 12.6. The van der Waals surface area contributed by atoms with Crippen LogP contribution in [-0.4, -0.2) is 42.5 Å². The summed E-state index contributed by atoms with van der Waals surface area (Å²) in [7, 11) is 0. The number of nitrogens with one attached hydrogen (secondary N) is 2. The monoisotopic (exact) mass is 403 g/mol. The summed E-state index contributed by atoms with van der Waals surface area (Å²) in [6.45, 7) is 1.80. The van der Waals surface area contributed by atoms with E-state index >= 15 is 0 Å². The largest absolute Gasteiger partial charge is 0.455 e. The zero-order valence-corrected chi connectivity index (χ0v) is 16.7. The number of para-hydroxylation sites is 1. The second-order valence-electron chi connectivity index (χ2n) is 6.86. The minimum Gasteiger partial charge on any atom is -0.455 e. The van der Waals surface area contributed by atoms with Crippen LogP contribution in [0, 0.1) is 5.92 Å². The molecule has 2 atom stereocenters. The summed E-state index contributed by atoms with van der Waals surface area (Å²) >= 11 is 1.62. The number of benzene rings is 1. The number of carbonyl (C=O) groups excluding carboxylic acids is 3. The predicted molar refractivity (Wildman–Crippen MR) is 107 cm³/mol. The summed E-state index contributed by atoms with van der Waals surface area (Å²) in [5.74, 6) is -1.38. The SMILES string of the molecule is CCNC(=O)CNC(=O)COC(=O)[C@@H]1CCCC[C@@H]1c1nc2ccccc2s1. The molecule has 1 aliphatic rings. The van der Waals surface area contributed by atoms with Crippen LogP contribution in [-0.2, 0) is 19.1 Å². The first kappa shape index (κ1) is 20.3. The summed E-state index contributed by atoms with van der Waals surface area (Å²) < 4.78 is 6.37. The molecule has 8 heteroatoms. The molecule has 150 valence electrons. The summed E-state index contributed by atoms with van der Waals surface area (Å²) in [5, 5.41) is 5.99. The number of hydrogen-bond donors (Lipinski definition) is 2. The first-order valence-electron chi connectivity index (χ1n) is 9.64. The Morgan fingerprint density at radius 1 is 1.14 bits per heavy atom. The molecule has 1 fully saturated rings. The summed E-state index contributed by atoms with van der Waals surface area (Å²) in [6, 6.07) is 7.95. The van der Waals surface area contributed by atoms with Crippen molar-refractivity contribution < 1.29 is 19.1 Å². The van der Waals surface area contributed by atoms with E-state index in [4.69, 9.17) is 9.72 Å². The van der Waals surface area contributed by atoms with Crippen molar-refractivity contribution in [1.29, 1.82) is 0 Å². The number of carbonyl (C=O) groups is 3. The van der Waals surface area contributed by atoms with E-state index in [1.165, 1.54) is 0 Å². The Kier molecular flexibility index (Phi) is 6.97. The van der Waals surface area contributed by atoms with Gasteiger partial charge in [-0.25, -0.2) is 4.98 Å². The van der Waals surface area contributed by atoms with Gasteiger partial charge in [-0.05, 0) is 31.9 Å². The zero-order valence-electron chi connectivity index (χ0n) is 15.9. The lowest BCUT2D eigenvalue weighted by molar-refractivity contribution is -0.154. The highest BCUT2D eigenvalue weighted by atomic mass is 32.1. The lowest BCUT2D eigenvalue weighted by atomic mass is 9.79. The van der Waals surface area contributed by atoms with Crippen LogP contribution in [0.15, 0.2) is 24.3 Å². The molecule has 2 aromatic rings. The van der Waals surface area contributed by atoms with Crippen LogP contribution in [0.25, 0.3) is 10.2 Å². The van der Waals surface area contributed by atoms with Gasteiger partial charge in [0.15, 0.2) is 6.61 Å². The number of esters is 1. The van der Waals surface area contributed by atoms with Gasteiger partial charge >= 0.3 is 5.97 Å². The Labute approximate surface area is 167 Å². The van der Waals surface area contributed by atoms with E-state index in [0.29, 0.717) is 6.54 Å². The van der Waals surface area contributed by atoms with Crippen molar-refractivity contribution >= 4 is 39.3 Å². The van der Waals surface area contributed by atoms with Crippen LogP contribution in [0.3, 0.4) is 0 Å². The number of hydrogen-bond acceptors (Lipinski definition) is 6. The Balaban J connectivity index is 1.58. The van der Waals surface area contributed by atoms with E-state index in [2.05, 4.69) is 10.6 Å². The first-order valence-corrected chi connectivity index (χ1v) is 10.5. The van der Waals surface area contributed by atoms with Gasteiger partial charge in [-0.2, -0.15) is 0 Å². The van der Waals surface area contributed by atoms with Gasteiger partial charge in [0, 0.05) is 12.5 Å². The van der Waals surface area contributed by atoms with Crippen LogP contribution >= 0.6 is 11.3 Å². The molecule has 0 radical (unpaired) electrons. The van der Waals surface area contributed by atoms with Crippen LogP contribution < -0.4 is 10.6 Å². The van der Waals surface area contributed by atoms with Gasteiger partial charge in [-0.3, -0.25) is 14.4 Å². The fraction of sp³-hybridized carbons (Fsp3) is 0.500. The highest BCUT2D eigenvalue weighted by Gasteiger charge is 2.35. The molecule has 0 bridgehead atoms. The van der Waals surface area contributed by atoms with E-state index in [1.807, 2.05) is 24.3 Å². The molecule has 28 heavy (non-hydrogen) atoms. The normalized spacial score (nSPS) is 19.2. The molecule has 1 aliphatic carbocycles. The Morgan fingerprint density at radius 3 is 2.71 bits per heavy atom. The van der Waals surface area contributed by atoms with Crippen molar-refractivity contribution in [3.05, 3.63) is 29.3 Å².